The van der Waals surface area contributed by atoms with Crippen molar-refractivity contribution in [3.63, 3.8) is 0 Å². The molecular weight excluding hydrogens is 596 g/mol. The smallest absolute Gasteiger partial charge is 0.187 e. The molecule has 44 heavy (non-hydrogen) atoms. The highest BCUT2D eigenvalue weighted by Gasteiger charge is 2.54. The molecule has 15 atom stereocenters. The van der Waals surface area contributed by atoms with Gasteiger partial charge >= 0.3 is 0 Å². The molecule has 1 aromatic carbocycles. The van der Waals surface area contributed by atoms with E-state index in [1.807, 2.05) is 0 Å². The van der Waals surface area contributed by atoms with Gasteiger partial charge in [-0.25, -0.2) is 0 Å². The minimum Gasteiger partial charge on any atom is -0.493 e. The fourth-order valence-corrected chi connectivity index (χ4v) is 5.55. The van der Waals surface area contributed by atoms with Gasteiger partial charge in [-0.15, -0.1) is 0 Å². The van der Waals surface area contributed by atoms with Gasteiger partial charge in [0, 0.05) is 18.1 Å². The van der Waals surface area contributed by atoms with Crippen LogP contribution >= 0.6 is 0 Å². The van der Waals surface area contributed by atoms with Gasteiger partial charge in [0.2, 0.25) is 0 Å². The van der Waals surface area contributed by atoms with Crippen LogP contribution in [0.4, 0.5) is 0 Å². The Labute approximate surface area is 251 Å². The van der Waals surface area contributed by atoms with Gasteiger partial charge in [0.15, 0.2) is 24.1 Å². The Kier molecular flexibility index (Phi) is 11.9. The molecule has 0 spiro atoms. The Bertz CT molecular complexity index is 1070. The first kappa shape index (κ1) is 34.8. The molecule has 0 aromatic heterocycles. The second kappa shape index (κ2) is 15.0. The van der Waals surface area contributed by atoms with Crippen molar-refractivity contribution >= 4 is 6.29 Å². The topological polar surface area (TPSA) is 275 Å². The van der Waals surface area contributed by atoms with Crippen LogP contribution in [0.15, 0.2) is 18.2 Å². The largest absolute Gasteiger partial charge is 0.493 e. The lowest BCUT2D eigenvalue weighted by molar-refractivity contribution is -0.359. The zero-order valence-electron chi connectivity index (χ0n) is 23.6. The van der Waals surface area contributed by atoms with Gasteiger partial charge in [-0.05, 0) is 24.6 Å². The number of methoxy groups -OCH3 is 1. The summed E-state index contributed by atoms with van der Waals surface area (Å²) < 4.78 is 34.4. The van der Waals surface area contributed by atoms with Crippen LogP contribution in [0.5, 0.6) is 11.5 Å². The van der Waals surface area contributed by atoms with E-state index in [0.717, 1.165) is 0 Å². The third kappa shape index (κ3) is 7.01. The number of ether oxygens (including phenoxy) is 6. The first-order chi connectivity index (χ1) is 21.0. The summed E-state index contributed by atoms with van der Waals surface area (Å²) in [6.07, 6.45) is -22.5. The third-order valence-corrected chi connectivity index (χ3v) is 8.16. The number of hydrogen-bond acceptors (Lipinski definition) is 17. The molecule has 1 aliphatic carbocycles. The molecule has 2 saturated heterocycles. The average molecular weight is 637 g/mol. The lowest BCUT2D eigenvalue weighted by atomic mass is 9.80. The van der Waals surface area contributed by atoms with Crippen LogP contribution in [0, 0.1) is 5.92 Å². The maximum Gasteiger partial charge on any atom is 0.187 e. The van der Waals surface area contributed by atoms with Crippen molar-refractivity contribution in [2.24, 2.45) is 5.92 Å². The molecule has 3 fully saturated rings. The SMILES string of the molecule is COc1cc(C=O)ccc1O[C@@H]1C[C@H](CO)[C@@H](O)[C@H](O[C@@H]2O[C@H](CO)[C@@H](O)[C@H](O)[C@H]2O)[C@H]1O[C@@H]1O[C@H](CO)[C@@H](O)[C@H](O)[C@H]1O. The van der Waals surface area contributed by atoms with Crippen LogP contribution in [0.3, 0.4) is 0 Å². The first-order valence-corrected chi connectivity index (χ1v) is 14.0. The number of carbonyl (C=O) groups excluding carboxylic acids is 1. The molecule has 1 aromatic rings. The van der Waals surface area contributed by atoms with Crippen LogP contribution in [-0.4, -0.2) is 170 Å². The standard InChI is InChI=1S/C27H40O17/c1-39-13-4-10(6-28)2-3-12(13)40-14-5-11(7-29)17(32)25(44-27-23(38)21(36)19(34)16(9-31)42-27)24(14)43-26-22(37)20(35)18(33)15(8-30)41-26/h2-4,6,11,14-27,29-38H,5,7-9H2,1H3/t11-,14-,15-,16-,17-,18-,19-,20+,21+,22-,23-,24+,25+,26+,27+/m1/s1. The average Bonchev–Trinajstić information content (AvgIpc) is 3.03. The molecule has 1 saturated carbocycles. The number of benzene rings is 1. The van der Waals surface area contributed by atoms with E-state index in [1.165, 1.54) is 25.3 Å². The van der Waals surface area contributed by atoms with E-state index >= 15 is 0 Å². The quantitative estimate of drug-likeness (QED) is 0.102. The van der Waals surface area contributed by atoms with Gasteiger partial charge in [0.25, 0.3) is 0 Å². The second-order valence-electron chi connectivity index (χ2n) is 10.9. The van der Waals surface area contributed by atoms with E-state index in [0.29, 0.717) is 6.29 Å². The van der Waals surface area contributed by atoms with Crippen molar-refractivity contribution in [3.05, 3.63) is 23.8 Å². The number of aliphatic hydroxyl groups is 10. The summed E-state index contributed by atoms with van der Waals surface area (Å²) in [4.78, 5) is 11.3. The normalized spacial score (nSPS) is 42.9. The number of rotatable bonds is 11. The number of hydrogen-bond donors (Lipinski definition) is 10. The zero-order chi connectivity index (χ0) is 32.3. The maximum absolute atomic E-state index is 11.3. The van der Waals surface area contributed by atoms with E-state index in [-0.39, 0.29) is 23.5 Å². The molecule has 0 unspecified atom stereocenters. The number of aldehydes is 1. The molecule has 2 aliphatic heterocycles. The minimum absolute atomic E-state index is 0.0881. The Morgan fingerprint density at radius 3 is 1.75 bits per heavy atom. The molecule has 10 N–H and O–H groups in total. The fourth-order valence-electron chi connectivity index (χ4n) is 5.55. The molecule has 0 radical (unpaired) electrons. The number of carbonyl (C=O) groups is 1. The van der Waals surface area contributed by atoms with E-state index in [9.17, 15) is 55.9 Å². The van der Waals surface area contributed by atoms with Gasteiger partial charge < -0.3 is 79.5 Å². The molecule has 250 valence electrons. The van der Waals surface area contributed by atoms with Crippen molar-refractivity contribution in [1.29, 1.82) is 0 Å². The van der Waals surface area contributed by atoms with Crippen molar-refractivity contribution < 1.29 is 84.3 Å². The molecule has 3 aliphatic rings. The summed E-state index contributed by atoms with van der Waals surface area (Å²) in [6, 6.07) is 4.24. The second-order valence-corrected chi connectivity index (χ2v) is 10.9. The third-order valence-electron chi connectivity index (χ3n) is 8.16. The minimum atomic E-state index is -1.89. The lowest BCUT2D eigenvalue weighted by Crippen LogP contribution is -2.66. The Hall–Kier alpha value is -2.07. The van der Waals surface area contributed by atoms with Crippen molar-refractivity contribution in [1.82, 2.24) is 0 Å². The summed E-state index contributed by atoms with van der Waals surface area (Å²) in [6.45, 7) is -2.14. The highest BCUT2D eigenvalue weighted by atomic mass is 16.7. The maximum atomic E-state index is 11.3. The molecule has 4 rings (SSSR count). The monoisotopic (exact) mass is 636 g/mol. The van der Waals surface area contributed by atoms with E-state index in [4.69, 9.17) is 28.4 Å². The van der Waals surface area contributed by atoms with Crippen molar-refractivity contribution in [2.75, 3.05) is 26.9 Å². The Balaban J connectivity index is 1.72. The van der Waals surface area contributed by atoms with Crippen molar-refractivity contribution in [3.8, 4) is 11.5 Å². The summed E-state index contributed by atoms with van der Waals surface area (Å²) >= 11 is 0. The highest BCUT2D eigenvalue weighted by molar-refractivity contribution is 5.76. The molecule has 17 heteroatoms. The molecule has 0 bridgehead atoms. The molecule has 17 nitrogen and oxygen atoms in total. The number of aliphatic hydroxyl groups excluding tert-OH is 10. The van der Waals surface area contributed by atoms with Gasteiger partial charge in [0.1, 0.15) is 73.4 Å². The summed E-state index contributed by atoms with van der Waals surface area (Å²) in [5.74, 6) is -0.741. The van der Waals surface area contributed by atoms with E-state index < -0.39 is 112 Å². The predicted molar refractivity (Wildman–Crippen MR) is 141 cm³/mol. The van der Waals surface area contributed by atoms with Crippen LogP contribution < -0.4 is 9.47 Å². The Morgan fingerprint density at radius 2 is 1.27 bits per heavy atom. The summed E-state index contributed by atoms with van der Waals surface area (Å²) in [7, 11) is 1.32. The summed E-state index contributed by atoms with van der Waals surface area (Å²) in [5.41, 5.74) is 0.263. The van der Waals surface area contributed by atoms with Gasteiger partial charge in [-0.3, -0.25) is 4.79 Å². The molecular formula is C27H40O17. The van der Waals surface area contributed by atoms with Crippen molar-refractivity contribution in [2.45, 2.75) is 92.2 Å². The zero-order valence-corrected chi connectivity index (χ0v) is 23.6. The van der Waals surface area contributed by atoms with Crippen LogP contribution in [0.2, 0.25) is 0 Å². The molecule has 2 heterocycles. The molecule has 0 amide bonds. The van der Waals surface area contributed by atoms with Crippen LogP contribution in [-0.2, 0) is 18.9 Å². The fraction of sp³-hybridized carbons (Fsp3) is 0.741. The predicted octanol–water partition coefficient (Wildman–Crippen LogP) is -5.00. The van der Waals surface area contributed by atoms with Gasteiger partial charge in [0.05, 0.1) is 26.4 Å². The first-order valence-electron chi connectivity index (χ1n) is 14.0. The van der Waals surface area contributed by atoms with Gasteiger partial charge in [-0.2, -0.15) is 0 Å². The summed E-state index contributed by atoms with van der Waals surface area (Å²) in [5, 5.41) is 103. The highest BCUT2D eigenvalue weighted by Crippen LogP contribution is 2.38. The van der Waals surface area contributed by atoms with Crippen LogP contribution in [0.1, 0.15) is 16.8 Å². The lowest BCUT2D eigenvalue weighted by Gasteiger charge is -2.49. The van der Waals surface area contributed by atoms with E-state index in [1.54, 1.807) is 0 Å². The van der Waals surface area contributed by atoms with Gasteiger partial charge in [-0.1, -0.05) is 0 Å². The van der Waals surface area contributed by atoms with Crippen LogP contribution in [0.25, 0.3) is 0 Å². The Morgan fingerprint density at radius 1 is 0.727 bits per heavy atom. The van der Waals surface area contributed by atoms with E-state index in [2.05, 4.69) is 0 Å².